The van der Waals surface area contributed by atoms with Crippen molar-refractivity contribution in [1.29, 1.82) is 0 Å². The topological polar surface area (TPSA) is 78.4 Å². The molecule has 0 heterocycles. The Balaban J connectivity index is 2.93. The summed E-state index contributed by atoms with van der Waals surface area (Å²) in [5.41, 5.74) is 2.07. The van der Waals surface area contributed by atoms with E-state index in [4.69, 9.17) is 0 Å². The lowest BCUT2D eigenvalue weighted by molar-refractivity contribution is -0.123. The minimum atomic E-state index is -0.326. The zero-order valence-electron chi connectivity index (χ0n) is 18.4. The predicted octanol–water partition coefficient (Wildman–Crippen LogP) is 4.03. The number of aromatic hydroxyl groups is 1. The summed E-state index contributed by atoms with van der Waals surface area (Å²) in [6.07, 6.45) is 5.07. The number of amides is 2. The Morgan fingerprint density at radius 3 is 2.00 bits per heavy atom. The molecule has 5 heteroatoms. The van der Waals surface area contributed by atoms with Gasteiger partial charge in [0.05, 0.1) is 6.54 Å². The van der Waals surface area contributed by atoms with Gasteiger partial charge in [-0.2, -0.15) is 0 Å². The van der Waals surface area contributed by atoms with E-state index in [0.29, 0.717) is 12.3 Å². The maximum atomic E-state index is 12.1. The first-order chi connectivity index (χ1) is 12.9. The van der Waals surface area contributed by atoms with Crippen LogP contribution < -0.4 is 10.6 Å². The zero-order valence-corrected chi connectivity index (χ0v) is 18.4. The van der Waals surface area contributed by atoms with Crippen LogP contribution in [0.15, 0.2) is 18.2 Å². The van der Waals surface area contributed by atoms with Crippen LogP contribution in [0.5, 0.6) is 5.75 Å². The van der Waals surface area contributed by atoms with Gasteiger partial charge in [-0.05, 0) is 41.0 Å². The largest absolute Gasteiger partial charge is 0.507 e. The minimum Gasteiger partial charge on any atom is -0.507 e. The van der Waals surface area contributed by atoms with Crippen LogP contribution in [0, 0.1) is 0 Å². The van der Waals surface area contributed by atoms with Gasteiger partial charge in [0.15, 0.2) is 0 Å². The Morgan fingerprint density at radius 1 is 1.00 bits per heavy atom. The van der Waals surface area contributed by atoms with Crippen molar-refractivity contribution in [2.45, 2.75) is 72.1 Å². The SMILES string of the molecule is CCCCNC(=O)CNC(=O)/C=C/c1cc(C(C)(C)C)c(O)c(C(C)(C)C)c1. The number of carbonyl (C=O) groups excluding carboxylic acids is 2. The molecule has 156 valence electrons. The van der Waals surface area contributed by atoms with Gasteiger partial charge in [-0.1, -0.05) is 54.9 Å². The molecule has 0 aromatic heterocycles. The second kappa shape index (κ2) is 9.76. The lowest BCUT2D eigenvalue weighted by Crippen LogP contribution is -2.36. The summed E-state index contributed by atoms with van der Waals surface area (Å²) in [6.45, 7) is 14.9. The molecule has 0 aliphatic heterocycles. The van der Waals surface area contributed by atoms with Gasteiger partial charge in [-0.15, -0.1) is 0 Å². The minimum absolute atomic E-state index is 0.0387. The first kappa shape index (κ1) is 23.7. The van der Waals surface area contributed by atoms with E-state index >= 15 is 0 Å². The highest BCUT2D eigenvalue weighted by molar-refractivity contribution is 5.94. The highest BCUT2D eigenvalue weighted by Crippen LogP contribution is 2.39. The van der Waals surface area contributed by atoms with Crippen LogP contribution in [-0.2, 0) is 20.4 Å². The summed E-state index contributed by atoms with van der Waals surface area (Å²) >= 11 is 0. The first-order valence-electron chi connectivity index (χ1n) is 9.97. The molecule has 0 saturated heterocycles. The van der Waals surface area contributed by atoms with Crippen molar-refractivity contribution in [3.63, 3.8) is 0 Å². The van der Waals surface area contributed by atoms with Crippen LogP contribution in [0.1, 0.15) is 78.0 Å². The van der Waals surface area contributed by atoms with E-state index in [9.17, 15) is 14.7 Å². The fourth-order valence-corrected chi connectivity index (χ4v) is 2.76. The summed E-state index contributed by atoms with van der Waals surface area (Å²) in [6, 6.07) is 3.82. The van der Waals surface area contributed by atoms with Crippen molar-refractivity contribution < 1.29 is 14.7 Å². The number of carbonyl (C=O) groups is 2. The van der Waals surface area contributed by atoms with Gasteiger partial charge in [0.2, 0.25) is 11.8 Å². The molecule has 5 nitrogen and oxygen atoms in total. The fourth-order valence-electron chi connectivity index (χ4n) is 2.76. The van der Waals surface area contributed by atoms with Gasteiger partial charge in [-0.25, -0.2) is 0 Å². The summed E-state index contributed by atoms with van der Waals surface area (Å²) in [7, 11) is 0. The molecule has 0 atom stereocenters. The second-order valence-corrected chi connectivity index (χ2v) is 9.22. The molecular formula is C23H36N2O3. The number of rotatable bonds is 7. The molecule has 0 aliphatic rings. The number of hydrogen-bond acceptors (Lipinski definition) is 3. The summed E-state index contributed by atoms with van der Waals surface area (Å²) in [4.78, 5) is 23.7. The van der Waals surface area contributed by atoms with Crippen LogP contribution in [-0.4, -0.2) is 30.0 Å². The summed E-state index contributed by atoms with van der Waals surface area (Å²) in [5.74, 6) is -0.205. The molecule has 3 N–H and O–H groups in total. The average Bonchev–Trinajstić information content (AvgIpc) is 2.57. The van der Waals surface area contributed by atoms with Crippen molar-refractivity contribution in [1.82, 2.24) is 10.6 Å². The maximum Gasteiger partial charge on any atom is 0.244 e. The maximum absolute atomic E-state index is 12.1. The highest BCUT2D eigenvalue weighted by Gasteiger charge is 2.26. The Hall–Kier alpha value is -2.30. The predicted molar refractivity (Wildman–Crippen MR) is 115 cm³/mol. The molecule has 2 amide bonds. The number of phenols is 1. The van der Waals surface area contributed by atoms with Gasteiger partial charge < -0.3 is 15.7 Å². The molecule has 0 radical (unpaired) electrons. The molecule has 0 bridgehead atoms. The van der Waals surface area contributed by atoms with E-state index in [1.165, 1.54) is 6.08 Å². The summed E-state index contributed by atoms with van der Waals surface area (Å²) < 4.78 is 0. The number of unbranched alkanes of at least 4 members (excludes halogenated alkanes) is 1. The van der Waals surface area contributed by atoms with Crippen molar-refractivity contribution in [3.05, 3.63) is 34.9 Å². The third kappa shape index (κ3) is 7.37. The molecule has 1 aromatic carbocycles. The Labute approximate surface area is 169 Å². The van der Waals surface area contributed by atoms with Crippen LogP contribution >= 0.6 is 0 Å². The zero-order chi connectivity index (χ0) is 21.5. The molecule has 0 unspecified atom stereocenters. The van der Waals surface area contributed by atoms with Gasteiger partial charge in [0, 0.05) is 23.7 Å². The molecule has 1 rings (SSSR count). The molecule has 0 saturated carbocycles. The van der Waals surface area contributed by atoms with E-state index in [-0.39, 0.29) is 29.2 Å². The summed E-state index contributed by atoms with van der Waals surface area (Å²) in [5, 5.41) is 16.1. The van der Waals surface area contributed by atoms with E-state index in [0.717, 1.165) is 29.5 Å². The molecule has 0 spiro atoms. The van der Waals surface area contributed by atoms with Gasteiger partial charge in [-0.3, -0.25) is 9.59 Å². The van der Waals surface area contributed by atoms with Crippen LogP contribution in [0.4, 0.5) is 0 Å². The molecule has 28 heavy (non-hydrogen) atoms. The van der Waals surface area contributed by atoms with E-state index < -0.39 is 0 Å². The van der Waals surface area contributed by atoms with Crippen molar-refractivity contribution in [3.8, 4) is 5.75 Å². The Bertz CT molecular complexity index is 687. The van der Waals surface area contributed by atoms with Gasteiger partial charge in [0.1, 0.15) is 5.75 Å². The van der Waals surface area contributed by atoms with Crippen molar-refractivity contribution in [2.24, 2.45) is 0 Å². The van der Waals surface area contributed by atoms with Gasteiger partial charge in [0.25, 0.3) is 0 Å². The Kier molecular flexibility index (Phi) is 8.28. The molecular weight excluding hydrogens is 352 g/mol. The molecule has 0 aliphatic carbocycles. The van der Waals surface area contributed by atoms with Crippen LogP contribution in [0.2, 0.25) is 0 Å². The first-order valence-corrected chi connectivity index (χ1v) is 9.97. The van der Waals surface area contributed by atoms with Crippen LogP contribution in [0.3, 0.4) is 0 Å². The lowest BCUT2D eigenvalue weighted by Gasteiger charge is -2.27. The number of phenolic OH excluding ortho intramolecular Hbond substituents is 1. The van der Waals surface area contributed by atoms with E-state index in [1.54, 1.807) is 6.08 Å². The lowest BCUT2D eigenvalue weighted by atomic mass is 9.78. The quantitative estimate of drug-likeness (QED) is 0.487. The molecule has 0 fully saturated rings. The monoisotopic (exact) mass is 388 g/mol. The number of benzene rings is 1. The smallest absolute Gasteiger partial charge is 0.244 e. The average molecular weight is 389 g/mol. The van der Waals surface area contributed by atoms with E-state index in [1.807, 2.05) is 53.7 Å². The van der Waals surface area contributed by atoms with Crippen molar-refractivity contribution >= 4 is 17.9 Å². The van der Waals surface area contributed by atoms with E-state index in [2.05, 4.69) is 17.6 Å². The van der Waals surface area contributed by atoms with Crippen LogP contribution in [0.25, 0.3) is 6.08 Å². The normalized spacial score (nSPS) is 12.2. The number of hydrogen-bond donors (Lipinski definition) is 3. The highest BCUT2D eigenvalue weighted by atomic mass is 16.3. The van der Waals surface area contributed by atoms with Crippen molar-refractivity contribution in [2.75, 3.05) is 13.1 Å². The number of nitrogens with one attached hydrogen (secondary N) is 2. The Morgan fingerprint density at radius 2 is 1.54 bits per heavy atom. The second-order valence-electron chi connectivity index (χ2n) is 9.22. The fraction of sp³-hybridized carbons (Fsp3) is 0.565. The third-order valence-corrected chi connectivity index (χ3v) is 4.45. The third-order valence-electron chi connectivity index (χ3n) is 4.45. The molecule has 1 aromatic rings. The standard InChI is InChI=1S/C23H36N2O3/c1-8-9-12-24-20(27)15-25-19(26)11-10-16-13-17(22(2,3)4)21(28)18(14-16)23(5,6)7/h10-11,13-14,28H,8-9,12,15H2,1-7H3,(H,24,27)(H,25,26)/b11-10+. The van der Waals surface area contributed by atoms with Gasteiger partial charge >= 0.3 is 0 Å².